The van der Waals surface area contributed by atoms with Crippen molar-refractivity contribution in [3.05, 3.63) is 15.9 Å². The second kappa shape index (κ2) is 6.89. The van der Waals surface area contributed by atoms with Gasteiger partial charge in [0.15, 0.2) is 0 Å². The maximum Gasteiger partial charge on any atom is 0.0766 e. The summed E-state index contributed by atoms with van der Waals surface area (Å²) in [6.45, 7) is 8.78. The highest BCUT2D eigenvalue weighted by Crippen LogP contribution is 2.27. The Hall–Kier alpha value is -0.350. The standard InChI is InChI=1S/C15H26BrN3/c1-4-11-7-8-17-12(9-11)10-14-15(16)13(5-2)18-19(14)6-3/h11-12,17H,4-10H2,1-3H3. The molecule has 0 saturated carbocycles. The Balaban J connectivity index is 2.11. The Bertz CT molecular complexity index is 414. The Morgan fingerprint density at radius 1 is 1.37 bits per heavy atom. The molecule has 0 amide bonds. The zero-order valence-corrected chi connectivity index (χ0v) is 14.0. The van der Waals surface area contributed by atoms with Crippen molar-refractivity contribution < 1.29 is 0 Å². The van der Waals surface area contributed by atoms with Crippen LogP contribution in [0.25, 0.3) is 0 Å². The van der Waals surface area contributed by atoms with Crippen LogP contribution in [0.4, 0.5) is 0 Å². The third kappa shape index (κ3) is 3.40. The van der Waals surface area contributed by atoms with Crippen molar-refractivity contribution in [2.45, 2.75) is 65.5 Å². The van der Waals surface area contributed by atoms with Gasteiger partial charge in [0.2, 0.25) is 0 Å². The fraction of sp³-hybridized carbons (Fsp3) is 0.800. The van der Waals surface area contributed by atoms with Gasteiger partial charge in [0.25, 0.3) is 0 Å². The fourth-order valence-electron chi connectivity index (χ4n) is 3.07. The Kier molecular flexibility index (Phi) is 5.46. The first-order valence-electron chi connectivity index (χ1n) is 7.66. The predicted molar refractivity (Wildman–Crippen MR) is 83.5 cm³/mol. The van der Waals surface area contributed by atoms with Crippen molar-refractivity contribution in [2.24, 2.45) is 5.92 Å². The predicted octanol–water partition coefficient (Wildman–Crippen LogP) is 3.55. The summed E-state index contributed by atoms with van der Waals surface area (Å²) < 4.78 is 3.40. The molecule has 1 fully saturated rings. The molecule has 1 N–H and O–H groups in total. The smallest absolute Gasteiger partial charge is 0.0766 e. The van der Waals surface area contributed by atoms with E-state index in [9.17, 15) is 0 Å². The summed E-state index contributed by atoms with van der Waals surface area (Å²) in [5, 5.41) is 8.37. The van der Waals surface area contributed by atoms with E-state index < -0.39 is 0 Å². The van der Waals surface area contributed by atoms with Gasteiger partial charge in [-0.3, -0.25) is 4.68 Å². The van der Waals surface area contributed by atoms with Crippen LogP contribution in [-0.2, 0) is 19.4 Å². The van der Waals surface area contributed by atoms with Gasteiger partial charge in [0, 0.05) is 19.0 Å². The molecule has 2 rings (SSSR count). The van der Waals surface area contributed by atoms with Gasteiger partial charge in [-0.1, -0.05) is 20.3 Å². The van der Waals surface area contributed by atoms with Crippen molar-refractivity contribution in [1.82, 2.24) is 15.1 Å². The molecule has 1 aromatic heterocycles. The van der Waals surface area contributed by atoms with Crippen LogP contribution in [0.2, 0.25) is 0 Å². The topological polar surface area (TPSA) is 29.9 Å². The SMILES string of the molecule is CCc1nn(CC)c(CC2CC(CC)CCN2)c1Br. The summed E-state index contributed by atoms with van der Waals surface area (Å²) in [4.78, 5) is 0. The third-order valence-electron chi connectivity index (χ3n) is 4.31. The minimum Gasteiger partial charge on any atom is -0.314 e. The van der Waals surface area contributed by atoms with Crippen LogP contribution in [0.15, 0.2) is 4.47 Å². The van der Waals surface area contributed by atoms with Gasteiger partial charge in [-0.15, -0.1) is 0 Å². The second-order valence-corrected chi connectivity index (χ2v) is 6.32. The molecule has 19 heavy (non-hydrogen) atoms. The highest BCUT2D eigenvalue weighted by Gasteiger charge is 2.23. The van der Waals surface area contributed by atoms with Crippen molar-refractivity contribution >= 4 is 15.9 Å². The number of piperidine rings is 1. The van der Waals surface area contributed by atoms with E-state index in [0.29, 0.717) is 6.04 Å². The number of halogens is 1. The molecule has 0 aromatic carbocycles. The monoisotopic (exact) mass is 327 g/mol. The average Bonchev–Trinajstić information content (AvgIpc) is 2.75. The van der Waals surface area contributed by atoms with E-state index in [1.807, 2.05) is 0 Å². The van der Waals surface area contributed by atoms with Crippen LogP contribution in [0.1, 0.15) is 51.4 Å². The number of rotatable bonds is 5. The van der Waals surface area contributed by atoms with Crippen LogP contribution in [-0.4, -0.2) is 22.4 Å². The van der Waals surface area contributed by atoms with E-state index in [-0.39, 0.29) is 0 Å². The lowest BCUT2D eigenvalue weighted by Gasteiger charge is -2.30. The minimum atomic E-state index is 0.613. The number of aromatic nitrogens is 2. The van der Waals surface area contributed by atoms with E-state index >= 15 is 0 Å². The van der Waals surface area contributed by atoms with Crippen molar-refractivity contribution in [3.8, 4) is 0 Å². The van der Waals surface area contributed by atoms with Crippen molar-refractivity contribution in [1.29, 1.82) is 0 Å². The number of hydrogen-bond acceptors (Lipinski definition) is 2. The molecule has 1 saturated heterocycles. The summed E-state index contributed by atoms with van der Waals surface area (Å²) in [5.41, 5.74) is 2.56. The van der Waals surface area contributed by atoms with E-state index in [0.717, 1.165) is 25.3 Å². The first-order chi connectivity index (χ1) is 9.19. The third-order valence-corrected chi connectivity index (χ3v) is 5.23. The normalized spacial score (nSPS) is 23.8. The lowest BCUT2D eigenvalue weighted by molar-refractivity contribution is 0.290. The molecule has 3 nitrogen and oxygen atoms in total. The Morgan fingerprint density at radius 2 is 2.16 bits per heavy atom. The quantitative estimate of drug-likeness (QED) is 0.896. The zero-order valence-electron chi connectivity index (χ0n) is 12.4. The van der Waals surface area contributed by atoms with E-state index in [2.05, 4.69) is 46.7 Å². The van der Waals surface area contributed by atoms with Gasteiger partial charge in [0.05, 0.1) is 15.9 Å². The molecule has 108 valence electrons. The van der Waals surface area contributed by atoms with Gasteiger partial charge >= 0.3 is 0 Å². The summed E-state index contributed by atoms with van der Waals surface area (Å²) in [7, 11) is 0. The van der Waals surface area contributed by atoms with E-state index in [1.54, 1.807) is 0 Å². The minimum absolute atomic E-state index is 0.613. The largest absolute Gasteiger partial charge is 0.314 e. The summed E-state index contributed by atoms with van der Waals surface area (Å²) in [5.74, 6) is 0.897. The second-order valence-electron chi connectivity index (χ2n) is 5.53. The van der Waals surface area contributed by atoms with Crippen LogP contribution in [0, 0.1) is 5.92 Å². The van der Waals surface area contributed by atoms with Crippen LogP contribution in [0.5, 0.6) is 0 Å². The molecular formula is C15H26BrN3. The van der Waals surface area contributed by atoms with Crippen LogP contribution >= 0.6 is 15.9 Å². The number of nitrogens with one attached hydrogen (secondary N) is 1. The van der Waals surface area contributed by atoms with Gasteiger partial charge in [0.1, 0.15) is 0 Å². The van der Waals surface area contributed by atoms with Gasteiger partial charge in [-0.05, 0) is 54.6 Å². The van der Waals surface area contributed by atoms with Crippen molar-refractivity contribution in [3.63, 3.8) is 0 Å². The van der Waals surface area contributed by atoms with E-state index in [4.69, 9.17) is 5.10 Å². The van der Waals surface area contributed by atoms with Gasteiger partial charge < -0.3 is 5.32 Å². The first-order valence-corrected chi connectivity index (χ1v) is 8.46. The summed E-state index contributed by atoms with van der Waals surface area (Å²) in [6.07, 6.45) is 6.04. The average molecular weight is 328 g/mol. The molecule has 0 radical (unpaired) electrons. The highest BCUT2D eigenvalue weighted by atomic mass is 79.9. The lowest BCUT2D eigenvalue weighted by Crippen LogP contribution is -2.39. The van der Waals surface area contributed by atoms with E-state index in [1.165, 1.54) is 41.7 Å². The van der Waals surface area contributed by atoms with Gasteiger partial charge in [-0.2, -0.15) is 5.10 Å². The summed E-state index contributed by atoms with van der Waals surface area (Å²) >= 11 is 3.75. The van der Waals surface area contributed by atoms with Crippen LogP contribution in [0.3, 0.4) is 0 Å². The maximum absolute atomic E-state index is 4.69. The molecule has 2 heterocycles. The molecule has 1 aliphatic rings. The maximum atomic E-state index is 4.69. The molecule has 0 bridgehead atoms. The molecule has 2 atom stereocenters. The number of nitrogens with zero attached hydrogens (tertiary/aromatic N) is 2. The van der Waals surface area contributed by atoms with Gasteiger partial charge in [-0.25, -0.2) is 0 Å². The molecular weight excluding hydrogens is 302 g/mol. The fourth-order valence-corrected chi connectivity index (χ4v) is 3.79. The molecule has 1 aliphatic heterocycles. The zero-order chi connectivity index (χ0) is 13.8. The summed E-state index contributed by atoms with van der Waals surface area (Å²) in [6, 6.07) is 0.613. The Morgan fingerprint density at radius 3 is 2.79 bits per heavy atom. The molecule has 0 spiro atoms. The Labute approximate surface area is 125 Å². The van der Waals surface area contributed by atoms with Crippen LogP contribution < -0.4 is 5.32 Å². The highest BCUT2D eigenvalue weighted by molar-refractivity contribution is 9.10. The number of hydrogen-bond donors (Lipinski definition) is 1. The first kappa shape index (κ1) is 15.0. The molecule has 0 aliphatic carbocycles. The molecule has 1 aromatic rings. The van der Waals surface area contributed by atoms with Crippen molar-refractivity contribution in [2.75, 3.05) is 6.54 Å². The number of aryl methyl sites for hydroxylation is 2. The lowest BCUT2D eigenvalue weighted by atomic mass is 9.88. The molecule has 2 unspecified atom stereocenters. The molecule has 4 heteroatoms.